The Balaban J connectivity index is 1.39. The van der Waals surface area contributed by atoms with Crippen molar-refractivity contribution in [2.24, 2.45) is 5.41 Å². The molecule has 1 amide bonds. The van der Waals surface area contributed by atoms with Crippen molar-refractivity contribution >= 4 is 22.8 Å². The van der Waals surface area contributed by atoms with E-state index in [1.54, 1.807) is 0 Å². The summed E-state index contributed by atoms with van der Waals surface area (Å²) in [5.74, 6) is 0.867. The molecule has 1 aliphatic carbocycles. The number of H-pyrrole nitrogens is 1. The predicted octanol–water partition coefficient (Wildman–Crippen LogP) is 3.43. The van der Waals surface area contributed by atoms with Gasteiger partial charge in [-0.25, -0.2) is 9.97 Å². The van der Waals surface area contributed by atoms with Gasteiger partial charge in [0.25, 0.3) is 0 Å². The average molecular weight is 429 g/mol. The van der Waals surface area contributed by atoms with Gasteiger partial charge in [0.15, 0.2) is 0 Å². The highest BCUT2D eigenvalue weighted by atomic mass is 16.2. The smallest absolute Gasteiger partial charge is 0.245 e. The van der Waals surface area contributed by atoms with Gasteiger partial charge < -0.3 is 9.80 Å². The number of hydrogen-bond donors (Lipinski definition) is 1. The van der Waals surface area contributed by atoms with Crippen LogP contribution in [-0.4, -0.2) is 57.2 Å². The number of carbonyl (C=O) groups excluding carboxylic acids is 1. The van der Waals surface area contributed by atoms with E-state index in [1.807, 2.05) is 11.1 Å². The first kappa shape index (κ1) is 19.5. The fourth-order valence-electron chi connectivity index (χ4n) is 5.76. The second-order valence-electron chi connectivity index (χ2n) is 9.67. The van der Waals surface area contributed by atoms with Crippen LogP contribution in [0, 0.1) is 12.3 Å². The number of aryl methyl sites for hydroxylation is 2. The summed E-state index contributed by atoms with van der Waals surface area (Å²) in [5.41, 5.74) is 7.14. The van der Waals surface area contributed by atoms with Crippen molar-refractivity contribution in [3.8, 4) is 11.3 Å². The molecule has 7 nitrogen and oxygen atoms in total. The molecule has 6 rings (SSSR count). The van der Waals surface area contributed by atoms with Crippen molar-refractivity contribution in [1.82, 2.24) is 25.1 Å². The lowest BCUT2D eigenvalue weighted by Gasteiger charge is -2.47. The van der Waals surface area contributed by atoms with E-state index < -0.39 is 0 Å². The van der Waals surface area contributed by atoms with Gasteiger partial charge in [-0.3, -0.25) is 9.89 Å². The minimum Gasteiger partial charge on any atom is -0.340 e. The Bertz CT molecular complexity index is 1240. The van der Waals surface area contributed by atoms with E-state index in [9.17, 15) is 4.79 Å². The van der Waals surface area contributed by atoms with Gasteiger partial charge in [-0.1, -0.05) is 18.7 Å². The van der Waals surface area contributed by atoms with Gasteiger partial charge in [-0.15, -0.1) is 0 Å². The molecule has 0 saturated carbocycles. The van der Waals surface area contributed by atoms with Gasteiger partial charge in [0.2, 0.25) is 11.9 Å². The maximum absolute atomic E-state index is 11.9. The first-order chi connectivity index (χ1) is 15.6. The van der Waals surface area contributed by atoms with Crippen LogP contribution in [0.25, 0.3) is 22.2 Å². The number of carbonyl (C=O) groups is 1. The molecule has 1 aromatic carbocycles. The summed E-state index contributed by atoms with van der Waals surface area (Å²) in [6.07, 6.45) is 8.76. The van der Waals surface area contributed by atoms with Gasteiger partial charge in [-0.2, -0.15) is 5.10 Å². The second-order valence-corrected chi connectivity index (χ2v) is 9.67. The van der Waals surface area contributed by atoms with Crippen molar-refractivity contribution < 1.29 is 4.79 Å². The zero-order valence-electron chi connectivity index (χ0n) is 18.5. The summed E-state index contributed by atoms with van der Waals surface area (Å²) >= 11 is 0. The number of rotatable bonds is 3. The van der Waals surface area contributed by atoms with Gasteiger partial charge in [0.1, 0.15) is 0 Å². The number of aromatic nitrogens is 4. The normalized spacial score (nSPS) is 19.3. The second kappa shape index (κ2) is 7.15. The standard InChI is InChI=1S/C25H28N6O/c1-3-20(32)31-14-25(15-31)10-11-30(13-25)24-27-19-7-5-4-6-18(19)23(28-24)21-16(2)8-9-17-12-26-29-22(17)21/h3,8-9,12H,1,4-7,10-11,13-15H2,2H3,(H,26,29). The van der Waals surface area contributed by atoms with Gasteiger partial charge in [0, 0.05) is 53.8 Å². The van der Waals surface area contributed by atoms with Crippen LogP contribution in [-0.2, 0) is 17.6 Å². The van der Waals surface area contributed by atoms with E-state index in [-0.39, 0.29) is 11.3 Å². The van der Waals surface area contributed by atoms with Crippen molar-refractivity contribution in [3.05, 3.63) is 47.8 Å². The summed E-state index contributed by atoms with van der Waals surface area (Å²) < 4.78 is 0. The third-order valence-electron chi connectivity index (χ3n) is 7.49. The number of amides is 1. The SMILES string of the molecule is C=CC(=O)N1CC2(CCN(c3nc4c(c(-c5c(C)ccc6cn[nH]c56)n3)CCCC4)C2)C1. The molecular formula is C25H28N6O. The summed E-state index contributed by atoms with van der Waals surface area (Å²) in [5, 5.41) is 8.60. The molecule has 0 atom stereocenters. The van der Waals surface area contributed by atoms with Gasteiger partial charge in [-0.05, 0) is 50.7 Å². The van der Waals surface area contributed by atoms with E-state index in [0.29, 0.717) is 0 Å². The summed E-state index contributed by atoms with van der Waals surface area (Å²) in [4.78, 5) is 26.4. The minimum atomic E-state index is 0.0320. The lowest BCUT2D eigenvalue weighted by molar-refractivity contribution is -0.136. The Morgan fingerprint density at radius 2 is 2.03 bits per heavy atom. The molecule has 164 valence electrons. The Hall–Kier alpha value is -3.22. The predicted molar refractivity (Wildman–Crippen MR) is 125 cm³/mol. The van der Waals surface area contributed by atoms with Crippen LogP contribution in [0.3, 0.4) is 0 Å². The van der Waals surface area contributed by atoms with E-state index in [2.05, 4.69) is 40.7 Å². The van der Waals surface area contributed by atoms with Gasteiger partial charge >= 0.3 is 0 Å². The van der Waals surface area contributed by atoms with Crippen molar-refractivity contribution in [3.63, 3.8) is 0 Å². The van der Waals surface area contributed by atoms with Crippen LogP contribution in [0.15, 0.2) is 31.0 Å². The third kappa shape index (κ3) is 2.94. The quantitative estimate of drug-likeness (QED) is 0.647. The average Bonchev–Trinajstić information content (AvgIpc) is 3.44. The van der Waals surface area contributed by atoms with Crippen LogP contribution >= 0.6 is 0 Å². The topological polar surface area (TPSA) is 78.0 Å². The summed E-state index contributed by atoms with van der Waals surface area (Å²) in [6.45, 7) is 9.21. The minimum absolute atomic E-state index is 0.0320. The maximum atomic E-state index is 11.9. The lowest BCUT2D eigenvalue weighted by Crippen LogP contribution is -2.59. The Kier molecular flexibility index (Phi) is 4.35. The Morgan fingerprint density at radius 3 is 2.88 bits per heavy atom. The molecule has 7 heteroatoms. The molecule has 1 spiro atoms. The molecule has 2 aliphatic heterocycles. The first-order valence-electron chi connectivity index (χ1n) is 11.6. The maximum Gasteiger partial charge on any atom is 0.245 e. The largest absolute Gasteiger partial charge is 0.340 e. The summed E-state index contributed by atoms with van der Waals surface area (Å²) in [6, 6.07) is 4.28. The molecule has 0 unspecified atom stereocenters. The fourth-order valence-corrected chi connectivity index (χ4v) is 5.76. The van der Waals surface area contributed by atoms with Crippen LogP contribution in [0.4, 0.5) is 5.95 Å². The zero-order chi connectivity index (χ0) is 21.9. The van der Waals surface area contributed by atoms with E-state index in [4.69, 9.17) is 9.97 Å². The number of nitrogens with one attached hydrogen (secondary N) is 1. The number of benzene rings is 1. The Labute approximate surface area is 187 Å². The van der Waals surface area contributed by atoms with Crippen molar-refractivity contribution in [2.75, 3.05) is 31.1 Å². The molecule has 2 saturated heterocycles. The molecule has 0 bridgehead atoms. The van der Waals surface area contributed by atoms with Crippen LogP contribution in [0.1, 0.15) is 36.1 Å². The number of likely N-dealkylation sites (tertiary alicyclic amines) is 1. The molecule has 3 aromatic rings. The highest BCUT2D eigenvalue weighted by Crippen LogP contribution is 2.42. The molecular weight excluding hydrogens is 400 g/mol. The van der Waals surface area contributed by atoms with Crippen LogP contribution in [0.2, 0.25) is 0 Å². The van der Waals surface area contributed by atoms with Crippen LogP contribution < -0.4 is 4.90 Å². The molecule has 1 N–H and O–H groups in total. The number of anilines is 1. The highest BCUT2D eigenvalue weighted by Gasteiger charge is 2.49. The highest BCUT2D eigenvalue weighted by molar-refractivity contribution is 5.95. The number of nitrogens with zero attached hydrogens (tertiary/aromatic N) is 5. The summed E-state index contributed by atoms with van der Waals surface area (Å²) in [7, 11) is 0. The van der Waals surface area contributed by atoms with E-state index in [1.165, 1.54) is 35.7 Å². The van der Waals surface area contributed by atoms with Crippen LogP contribution in [0.5, 0.6) is 0 Å². The number of fused-ring (bicyclic) bond motifs is 2. The fraction of sp³-hybridized carbons (Fsp3) is 0.440. The van der Waals surface area contributed by atoms with Crippen molar-refractivity contribution in [2.45, 2.75) is 39.0 Å². The first-order valence-corrected chi connectivity index (χ1v) is 11.6. The molecule has 4 heterocycles. The molecule has 2 aromatic heterocycles. The number of hydrogen-bond acceptors (Lipinski definition) is 5. The molecule has 3 aliphatic rings. The molecule has 32 heavy (non-hydrogen) atoms. The number of aromatic amines is 1. The molecule has 0 radical (unpaired) electrons. The van der Waals surface area contributed by atoms with Crippen molar-refractivity contribution in [1.29, 1.82) is 0 Å². The Morgan fingerprint density at radius 1 is 1.19 bits per heavy atom. The van der Waals surface area contributed by atoms with Gasteiger partial charge in [0.05, 0.1) is 17.4 Å². The molecule has 2 fully saturated rings. The lowest BCUT2D eigenvalue weighted by atomic mass is 9.79. The zero-order valence-corrected chi connectivity index (χ0v) is 18.5. The third-order valence-corrected chi connectivity index (χ3v) is 7.49. The van der Waals surface area contributed by atoms with E-state index >= 15 is 0 Å². The monoisotopic (exact) mass is 428 g/mol. The van der Waals surface area contributed by atoms with E-state index in [0.717, 1.165) is 73.6 Å².